The lowest BCUT2D eigenvalue weighted by Crippen LogP contribution is -2.41. The van der Waals surface area contributed by atoms with Gasteiger partial charge in [0.1, 0.15) is 6.54 Å². The van der Waals surface area contributed by atoms with E-state index in [1.165, 1.54) is 23.4 Å². The van der Waals surface area contributed by atoms with Crippen molar-refractivity contribution in [2.75, 3.05) is 13.6 Å². The summed E-state index contributed by atoms with van der Waals surface area (Å²) >= 11 is 0.980. The molecular weight excluding hydrogens is 316 g/mol. The van der Waals surface area contributed by atoms with Gasteiger partial charge in [0.2, 0.25) is 10.0 Å². The van der Waals surface area contributed by atoms with Gasteiger partial charge in [-0.05, 0) is 26.5 Å². The van der Waals surface area contributed by atoms with Crippen molar-refractivity contribution in [2.45, 2.75) is 31.2 Å². The standard InChI is InChI=1S/C12H18N2O5S2/c1-4-8(2)14(6-11(15)16)12(17)10-5-9(7-20-10)21(18,19)13-3/h5,7-8,13H,4,6H2,1-3H3,(H,15,16). The zero-order valence-electron chi connectivity index (χ0n) is 12.0. The molecule has 1 amide bonds. The summed E-state index contributed by atoms with van der Waals surface area (Å²) in [5, 5.41) is 10.3. The Morgan fingerprint density at radius 2 is 2.10 bits per heavy atom. The molecule has 1 heterocycles. The Morgan fingerprint density at radius 1 is 1.48 bits per heavy atom. The maximum Gasteiger partial charge on any atom is 0.323 e. The molecule has 0 aliphatic rings. The number of amides is 1. The van der Waals surface area contributed by atoms with E-state index in [-0.39, 0.29) is 15.8 Å². The summed E-state index contributed by atoms with van der Waals surface area (Å²) in [4.78, 5) is 24.7. The monoisotopic (exact) mass is 334 g/mol. The summed E-state index contributed by atoms with van der Waals surface area (Å²) < 4.78 is 25.5. The molecule has 0 spiro atoms. The molecule has 0 fully saturated rings. The third-order valence-corrected chi connectivity index (χ3v) is 5.52. The number of carbonyl (C=O) groups excluding carboxylic acids is 1. The Kier molecular flexibility index (Phi) is 5.87. The number of aliphatic carboxylic acids is 1. The molecule has 0 saturated heterocycles. The summed E-state index contributed by atoms with van der Waals surface area (Å²) in [7, 11) is -2.33. The van der Waals surface area contributed by atoms with E-state index in [0.717, 1.165) is 11.3 Å². The Morgan fingerprint density at radius 3 is 2.57 bits per heavy atom. The molecule has 9 heteroatoms. The van der Waals surface area contributed by atoms with E-state index in [0.29, 0.717) is 6.42 Å². The number of nitrogens with zero attached hydrogens (tertiary/aromatic N) is 1. The van der Waals surface area contributed by atoms with Crippen LogP contribution in [0.1, 0.15) is 29.9 Å². The number of carbonyl (C=O) groups is 2. The number of carboxylic acids is 1. The topological polar surface area (TPSA) is 104 Å². The predicted octanol–water partition coefficient (Wildman–Crippen LogP) is 0.982. The second kappa shape index (κ2) is 7.01. The average Bonchev–Trinajstić information content (AvgIpc) is 2.93. The molecule has 21 heavy (non-hydrogen) atoms. The van der Waals surface area contributed by atoms with Crippen LogP contribution in [0.4, 0.5) is 0 Å². The first-order valence-corrected chi connectivity index (χ1v) is 8.64. The molecule has 0 bridgehead atoms. The lowest BCUT2D eigenvalue weighted by Gasteiger charge is -2.26. The van der Waals surface area contributed by atoms with Crippen LogP contribution in [0, 0.1) is 0 Å². The van der Waals surface area contributed by atoms with Gasteiger partial charge in [-0.15, -0.1) is 11.3 Å². The van der Waals surface area contributed by atoms with Gasteiger partial charge < -0.3 is 10.0 Å². The Labute approximate surface area is 127 Å². The molecule has 7 nitrogen and oxygen atoms in total. The minimum Gasteiger partial charge on any atom is -0.480 e. The molecule has 0 aromatic carbocycles. The van der Waals surface area contributed by atoms with Crippen molar-refractivity contribution in [3.05, 3.63) is 16.3 Å². The van der Waals surface area contributed by atoms with Gasteiger partial charge >= 0.3 is 5.97 Å². The van der Waals surface area contributed by atoms with E-state index >= 15 is 0 Å². The molecule has 1 aromatic heterocycles. The molecule has 0 saturated carbocycles. The first-order valence-electron chi connectivity index (χ1n) is 6.27. The minimum absolute atomic E-state index is 0.00206. The number of hydrogen-bond acceptors (Lipinski definition) is 5. The fraction of sp³-hybridized carbons (Fsp3) is 0.500. The Bertz CT molecular complexity index is 623. The minimum atomic E-state index is -3.61. The largest absolute Gasteiger partial charge is 0.480 e. The molecule has 2 N–H and O–H groups in total. The highest BCUT2D eigenvalue weighted by atomic mass is 32.2. The molecular formula is C12H18N2O5S2. The summed E-state index contributed by atoms with van der Waals surface area (Å²) in [6.45, 7) is 3.18. The Hall–Kier alpha value is -1.45. The van der Waals surface area contributed by atoms with Gasteiger partial charge in [-0.25, -0.2) is 13.1 Å². The second-order valence-corrected chi connectivity index (χ2v) is 7.24. The zero-order chi connectivity index (χ0) is 16.2. The number of hydrogen-bond donors (Lipinski definition) is 2. The maximum atomic E-state index is 12.4. The third kappa shape index (κ3) is 4.26. The summed E-state index contributed by atoms with van der Waals surface area (Å²) in [5.41, 5.74) is 0. The van der Waals surface area contributed by atoms with Crippen LogP contribution in [0.3, 0.4) is 0 Å². The maximum absolute atomic E-state index is 12.4. The molecule has 1 unspecified atom stereocenters. The molecule has 0 radical (unpaired) electrons. The predicted molar refractivity (Wildman–Crippen MR) is 79.0 cm³/mol. The van der Waals surface area contributed by atoms with Crippen LogP contribution < -0.4 is 4.72 Å². The van der Waals surface area contributed by atoms with Gasteiger partial charge in [0.05, 0.1) is 9.77 Å². The van der Waals surface area contributed by atoms with Gasteiger partial charge in [-0.1, -0.05) is 6.92 Å². The number of rotatable bonds is 7. The van der Waals surface area contributed by atoms with Gasteiger partial charge in [0.15, 0.2) is 0 Å². The number of sulfonamides is 1. The van der Waals surface area contributed by atoms with Crippen molar-refractivity contribution >= 4 is 33.2 Å². The molecule has 0 aliphatic heterocycles. The zero-order valence-corrected chi connectivity index (χ0v) is 13.6. The third-order valence-electron chi connectivity index (χ3n) is 3.05. The normalized spacial score (nSPS) is 12.9. The number of thiophene rings is 1. The molecule has 1 rings (SSSR count). The highest BCUT2D eigenvalue weighted by Gasteiger charge is 2.25. The fourth-order valence-corrected chi connectivity index (χ4v) is 3.58. The van der Waals surface area contributed by atoms with Crippen LogP contribution in [0.15, 0.2) is 16.3 Å². The van der Waals surface area contributed by atoms with Crippen molar-refractivity contribution in [2.24, 2.45) is 0 Å². The van der Waals surface area contributed by atoms with Crippen LogP contribution in [-0.4, -0.2) is 49.9 Å². The van der Waals surface area contributed by atoms with Crippen molar-refractivity contribution < 1.29 is 23.1 Å². The summed E-state index contributed by atoms with van der Waals surface area (Å²) in [6.07, 6.45) is 0.603. The summed E-state index contributed by atoms with van der Waals surface area (Å²) in [6, 6.07) is 1.01. The molecule has 118 valence electrons. The van der Waals surface area contributed by atoms with Gasteiger partial charge in [0.25, 0.3) is 5.91 Å². The van der Waals surface area contributed by atoms with Crippen LogP contribution >= 0.6 is 11.3 Å². The van der Waals surface area contributed by atoms with Crippen molar-refractivity contribution in [3.63, 3.8) is 0 Å². The lowest BCUT2D eigenvalue weighted by atomic mass is 10.2. The van der Waals surface area contributed by atoms with Gasteiger partial charge in [-0.2, -0.15) is 0 Å². The fourth-order valence-electron chi connectivity index (χ4n) is 1.63. The van der Waals surface area contributed by atoms with E-state index in [1.807, 2.05) is 6.92 Å². The van der Waals surface area contributed by atoms with E-state index in [2.05, 4.69) is 4.72 Å². The quantitative estimate of drug-likeness (QED) is 0.773. The lowest BCUT2D eigenvalue weighted by molar-refractivity contribution is -0.138. The first kappa shape index (κ1) is 17.6. The van der Waals surface area contributed by atoms with E-state index in [4.69, 9.17) is 5.11 Å². The van der Waals surface area contributed by atoms with E-state index in [9.17, 15) is 18.0 Å². The smallest absolute Gasteiger partial charge is 0.323 e. The van der Waals surface area contributed by atoms with Crippen molar-refractivity contribution in [1.29, 1.82) is 0 Å². The highest BCUT2D eigenvalue weighted by molar-refractivity contribution is 7.89. The average molecular weight is 334 g/mol. The molecule has 1 atom stereocenters. The van der Waals surface area contributed by atoms with Crippen molar-refractivity contribution in [3.8, 4) is 0 Å². The number of carboxylic acid groups (broad SMARTS) is 1. The van der Waals surface area contributed by atoms with Crippen molar-refractivity contribution in [1.82, 2.24) is 9.62 Å². The van der Waals surface area contributed by atoms with Crippen LogP contribution in [0.5, 0.6) is 0 Å². The van der Waals surface area contributed by atoms with E-state index in [1.54, 1.807) is 6.92 Å². The summed E-state index contributed by atoms with van der Waals surface area (Å²) in [5.74, 6) is -1.59. The van der Waals surface area contributed by atoms with Crippen LogP contribution in [0.2, 0.25) is 0 Å². The SMILES string of the molecule is CCC(C)N(CC(=O)O)C(=O)c1cc(S(=O)(=O)NC)cs1. The van der Waals surface area contributed by atoms with Gasteiger partial charge in [-0.3, -0.25) is 9.59 Å². The van der Waals surface area contributed by atoms with Crippen LogP contribution in [-0.2, 0) is 14.8 Å². The molecule has 0 aliphatic carbocycles. The first-order chi connectivity index (χ1) is 9.72. The molecule has 1 aromatic rings. The highest BCUT2D eigenvalue weighted by Crippen LogP contribution is 2.21. The second-order valence-electron chi connectivity index (χ2n) is 4.44. The van der Waals surface area contributed by atoms with E-state index < -0.39 is 28.4 Å². The number of nitrogens with one attached hydrogen (secondary N) is 1. The van der Waals surface area contributed by atoms with Crippen LogP contribution in [0.25, 0.3) is 0 Å². The van der Waals surface area contributed by atoms with Gasteiger partial charge in [0, 0.05) is 11.4 Å². The Balaban J connectivity index is 3.08.